The molecule has 3 heteroatoms. The molecule has 0 saturated heterocycles. The van der Waals surface area contributed by atoms with Crippen molar-refractivity contribution < 1.29 is 4.39 Å². The van der Waals surface area contributed by atoms with Crippen LogP contribution in [0.5, 0.6) is 0 Å². The van der Waals surface area contributed by atoms with Crippen LogP contribution < -0.4 is 10.6 Å². The maximum Gasteiger partial charge on any atom is 0.123 e. The molecule has 1 atom stereocenters. The van der Waals surface area contributed by atoms with Crippen molar-refractivity contribution in [3.8, 4) is 0 Å². The van der Waals surface area contributed by atoms with Crippen LogP contribution in [-0.2, 0) is 0 Å². The number of anilines is 1. The monoisotopic (exact) mass is 224 g/mol. The van der Waals surface area contributed by atoms with E-state index in [0.717, 1.165) is 31.6 Å². The largest absolute Gasteiger partial charge is 0.370 e. The van der Waals surface area contributed by atoms with Gasteiger partial charge in [0.2, 0.25) is 0 Å². The Morgan fingerprint density at radius 2 is 1.88 bits per heavy atom. The summed E-state index contributed by atoms with van der Waals surface area (Å²) in [6.45, 7) is 5.94. The van der Waals surface area contributed by atoms with E-state index in [-0.39, 0.29) is 11.9 Å². The third-order valence-electron chi connectivity index (χ3n) is 2.69. The van der Waals surface area contributed by atoms with Crippen molar-refractivity contribution >= 4 is 5.69 Å². The summed E-state index contributed by atoms with van der Waals surface area (Å²) in [4.78, 5) is 2.18. The van der Waals surface area contributed by atoms with Gasteiger partial charge in [0.05, 0.1) is 0 Å². The summed E-state index contributed by atoms with van der Waals surface area (Å²) < 4.78 is 12.8. The number of nitrogens with two attached hydrogens (primary N) is 1. The average Bonchev–Trinajstić information content (AvgIpc) is 2.27. The molecule has 16 heavy (non-hydrogen) atoms. The van der Waals surface area contributed by atoms with Crippen molar-refractivity contribution in [1.29, 1.82) is 0 Å². The quantitative estimate of drug-likeness (QED) is 0.805. The zero-order valence-electron chi connectivity index (χ0n) is 10.1. The minimum Gasteiger partial charge on any atom is -0.370 e. The fourth-order valence-corrected chi connectivity index (χ4v) is 1.81. The number of hydrogen-bond donors (Lipinski definition) is 1. The fraction of sp³-hybridized carbons (Fsp3) is 0.538. The molecule has 0 aliphatic rings. The highest BCUT2D eigenvalue weighted by atomic mass is 19.1. The second kappa shape index (κ2) is 6.48. The van der Waals surface area contributed by atoms with Gasteiger partial charge in [-0.25, -0.2) is 4.39 Å². The summed E-state index contributed by atoms with van der Waals surface area (Å²) in [7, 11) is 0. The van der Waals surface area contributed by atoms with Gasteiger partial charge in [-0.1, -0.05) is 13.3 Å². The molecule has 0 aliphatic carbocycles. The van der Waals surface area contributed by atoms with Crippen molar-refractivity contribution in [1.82, 2.24) is 0 Å². The molecule has 0 heterocycles. The fourth-order valence-electron chi connectivity index (χ4n) is 1.81. The van der Waals surface area contributed by atoms with E-state index in [2.05, 4.69) is 18.7 Å². The summed E-state index contributed by atoms with van der Waals surface area (Å²) in [6, 6.07) is 6.77. The second-order valence-electron chi connectivity index (χ2n) is 4.06. The highest BCUT2D eigenvalue weighted by Gasteiger charge is 2.09. The highest BCUT2D eigenvalue weighted by molar-refractivity contribution is 5.46. The summed E-state index contributed by atoms with van der Waals surface area (Å²) in [5, 5.41) is 0. The van der Waals surface area contributed by atoms with Crippen LogP contribution in [0.2, 0.25) is 0 Å². The van der Waals surface area contributed by atoms with Gasteiger partial charge >= 0.3 is 0 Å². The third-order valence-corrected chi connectivity index (χ3v) is 2.69. The lowest BCUT2D eigenvalue weighted by Crippen LogP contribution is -2.37. The van der Waals surface area contributed by atoms with Crippen LogP contribution in [0.25, 0.3) is 0 Å². The van der Waals surface area contributed by atoms with Crippen molar-refractivity contribution in [3.05, 3.63) is 30.1 Å². The Labute approximate surface area is 97.3 Å². The van der Waals surface area contributed by atoms with Crippen molar-refractivity contribution in [2.45, 2.75) is 32.7 Å². The molecule has 0 fully saturated rings. The predicted octanol–water partition coefficient (Wildman–Crippen LogP) is 2.78. The maximum atomic E-state index is 12.8. The van der Waals surface area contributed by atoms with E-state index in [4.69, 9.17) is 5.73 Å². The second-order valence-corrected chi connectivity index (χ2v) is 4.06. The van der Waals surface area contributed by atoms with E-state index in [1.807, 2.05) is 0 Å². The van der Waals surface area contributed by atoms with Gasteiger partial charge in [-0.15, -0.1) is 0 Å². The molecular weight excluding hydrogens is 203 g/mol. The first-order valence-electron chi connectivity index (χ1n) is 5.93. The van der Waals surface area contributed by atoms with Gasteiger partial charge in [-0.05, 0) is 37.6 Å². The standard InChI is InChI=1S/C13H21FN2/c1-3-5-12(15)10-16(4-2)13-8-6-11(14)7-9-13/h6-9,12H,3-5,10,15H2,1-2H3. The van der Waals surface area contributed by atoms with Gasteiger partial charge in [0.15, 0.2) is 0 Å². The molecule has 0 saturated carbocycles. The van der Waals surface area contributed by atoms with Crippen LogP contribution in [0.1, 0.15) is 26.7 Å². The minimum atomic E-state index is -0.197. The number of benzene rings is 1. The SMILES string of the molecule is CCCC(N)CN(CC)c1ccc(F)cc1. The number of nitrogens with zero attached hydrogens (tertiary/aromatic N) is 1. The van der Waals surface area contributed by atoms with E-state index >= 15 is 0 Å². The summed E-state index contributed by atoms with van der Waals surface area (Å²) in [5.74, 6) is -0.197. The molecule has 0 aromatic heterocycles. The molecule has 0 bridgehead atoms. The van der Waals surface area contributed by atoms with Crippen molar-refractivity contribution in [3.63, 3.8) is 0 Å². The Hall–Kier alpha value is -1.09. The molecule has 0 aliphatic heterocycles. The lowest BCUT2D eigenvalue weighted by Gasteiger charge is -2.26. The van der Waals surface area contributed by atoms with Crippen molar-refractivity contribution in [2.75, 3.05) is 18.0 Å². The molecule has 0 radical (unpaired) electrons. The summed E-state index contributed by atoms with van der Waals surface area (Å²) in [5.41, 5.74) is 7.05. The molecular formula is C13H21FN2. The lowest BCUT2D eigenvalue weighted by molar-refractivity contribution is 0.585. The van der Waals surface area contributed by atoms with Gasteiger partial charge < -0.3 is 10.6 Å². The Morgan fingerprint density at radius 1 is 1.25 bits per heavy atom. The molecule has 1 aromatic carbocycles. The Kier molecular flexibility index (Phi) is 5.26. The molecule has 2 N–H and O–H groups in total. The normalized spacial score (nSPS) is 12.5. The van der Waals surface area contributed by atoms with Gasteiger partial charge in [0.25, 0.3) is 0 Å². The van der Waals surface area contributed by atoms with Gasteiger partial charge in [0, 0.05) is 24.8 Å². The van der Waals surface area contributed by atoms with E-state index in [0.29, 0.717) is 0 Å². The topological polar surface area (TPSA) is 29.3 Å². The summed E-state index contributed by atoms with van der Waals surface area (Å²) in [6.07, 6.45) is 2.12. The molecule has 0 spiro atoms. The van der Waals surface area contributed by atoms with Crippen LogP contribution in [0.3, 0.4) is 0 Å². The zero-order valence-corrected chi connectivity index (χ0v) is 10.1. The van der Waals surface area contributed by atoms with Crippen LogP contribution in [0, 0.1) is 5.82 Å². The van der Waals surface area contributed by atoms with E-state index < -0.39 is 0 Å². The van der Waals surface area contributed by atoms with Crippen LogP contribution in [-0.4, -0.2) is 19.1 Å². The minimum absolute atomic E-state index is 0.190. The van der Waals surface area contributed by atoms with Crippen molar-refractivity contribution in [2.24, 2.45) is 5.73 Å². The molecule has 90 valence electrons. The number of likely N-dealkylation sites (N-methyl/N-ethyl adjacent to an activating group) is 1. The molecule has 2 nitrogen and oxygen atoms in total. The van der Waals surface area contributed by atoms with E-state index in [1.54, 1.807) is 12.1 Å². The van der Waals surface area contributed by atoms with E-state index in [9.17, 15) is 4.39 Å². The van der Waals surface area contributed by atoms with Crippen LogP contribution >= 0.6 is 0 Å². The maximum absolute atomic E-state index is 12.8. The first kappa shape index (κ1) is 13.0. The average molecular weight is 224 g/mol. The molecule has 1 unspecified atom stereocenters. The first-order valence-corrected chi connectivity index (χ1v) is 5.93. The first-order chi connectivity index (χ1) is 7.67. The van der Waals surface area contributed by atoms with Gasteiger partial charge in [-0.2, -0.15) is 0 Å². The third kappa shape index (κ3) is 3.81. The zero-order chi connectivity index (χ0) is 12.0. The van der Waals surface area contributed by atoms with Crippen LogP contribution in [0.4, 0.5) is 10.1 Å². The van der Waals surface area contributed by atoms with Gasteiger partial charge in [0.1, 0.15) is 5.82 Å². The lowest BCUT2D eigenvalue weighted by atomic mass is 10.1. The summed E-state index contributed by atoms with van der Waals surface area (Å²) >= 11 is 0. The Balaban J connectivity index is 2.63. The van der Waals surface area contributed by atoms with Gasteiger partial charge in [-0.3, -0.25) is 0 Å². The predicted molar refractivity (Wildman–Crippen MR) is 67.2 cm³/mol. The smallest absolute Gasteiger partial charge is 0.123 e. The molecule has 1 aromatic rings. The molecule has 0 amide bonds. The number of hydrogen-bond acceptors (Lipinski definition) is 2. The van der Waals surface area contributed by atoms with Crippen LogP contribution in [0.15, 0.2) is 24.3 Å². The van der Waals surface area contributed by atoms with E-state index in [1.165, 1.54) is 12.1 Å². The highest BCUT2D eigenvalue weighted by Crippen LogP contribution is 2.15. The number of rotatable bonds is 6. The number of halogens is 1. The Morgan fingerprint density at radius 3 is 2.38 bits per heavy atom. The Bertz CT molecular complexity index is 297. The molecule has 1 rings (SSSR count).